The van der Waals surface area contributed by atoms with Crippen LogP contribution in [0.15, 0.2) is 24.3 Å². The second kappa shape index (κ2) is 5.93. The number of hydrogen-bond donors (Lipinski definition) is 0. The summed E-state index contributed by atoms with van der Waals surface area (Å²) in [5.74, 6) is 6.01. The van der Waals surface area contributed by atoms with Crippen molar-refractivity contribution in [2.45, 2.75) is 26.8 Å². The summed E-state index contributed by atoms with van der Waals surface area (Å²) in [5, 5.41) is 0. The molecule has 0 unspecified atom stereocenters. The van der Waals surface area contributed by atoms with E-state index >= 15 is 0 Å². The van der Waals surface area contributed by atoms with Gasteiger partial charge in [0.05, 0.1) is 0 Å². The zero-order chi connectivity index (χ0) is 13.0. The van der Waals surface area contributed by atoms with Gasteiger partial charge in [0.1, 0.15) is 0 Å². The molecule has 2 nitrogen and oxygen atoms in total. The molecule has 0 amide bonds. The molecule has 0 N–H and O–H groups in total. The number of rotatable bonds is 2. The molecule has 0 radical (unpaired) electrons. The van der Waals surface area contributed by atoms with Crippen molar-refractivity contribution in [2.75, 3.05) is 31.1 Å². The van der Waals surface area contributed by atoms with Gasteiger partial charge in [-0.05, 0) is 45.0 Å². The van der Waals surface area contributed by atoms with Crippen LogP contribution in [-0.4, -0.2) is 37.1 Å². The van der Waals surface area contributed by atoms with E-state index in [2.05, 4.69) is 59.8 Å². The van der Waals surface area contributed by atoms with Gasteiger partial charge >= 0.3 is 0 Å². The zero-order valence-electron chi connectivity index (χ0n) is 11.6. The molecule has 1 aromatic rings. The van der Waals surface area contributed by atoms with Crippen LogP contribution in [0, 0.1) is 11.8 Å². The summed E-state index contributed by atoms with van der Waals surface area (Å²) in [4.78, 5) is 5.00. The summed E-state index contributed by atoms with van der Waals surface area (Å²) in [6.45, 7) is 11.0. The van der Waals surface area contributed by atoms with Crippen LogP contribution in [0.2, 0.25) is 0 Å². The number of benzene rings is 1. The fourth-order valence-corrected chi connectivity index (χ4v) is 2.40. The molecule has 2 heteroatoms. The minimum absolute atomic E-state index is 0.661. The lowest BCUT2D eigenvalue weighted by molar-refractivity contribution is 0.209. The number of nitrogens with zero attached hydrogens (tertiary/aromatic N) is 2. The molecule has 0 aromatic heterocycles. The Hall–Kier alpha value is -1.46. The maximum atomic E-state index is 3.08. The predicted octanol–water partition coefficient (Wildman–Crippen LogP) is 2.59. The van der Waals surface area contributed by atoms with Gasteiger partial charge in [-0.15, -0.1) is 5.92 Å². The fourth-order valence-electron chi connectivity index (χ4n) is 2.40. The average molecular weight is 242 g/mol. The van der Waals surface area contributed by atoms with Gasteiger partial charge < -0.3 is 4.90 Å². The molecule has 1 aliphatic rings. The van der Waals surface area contributed by atoms with E-state index in [1.807, 2.05) is 6.92 Å². The molecule has 0 bridgehead atoms. The van der Waals surface area contributed by atoms with E-state index < -0.39 is 0 Å². The molecule has 1 fully saturated rings. The van der Waals surface area contributed by atoms with Crippen molar-refractivity contribution < 1.29 is 0 Å². The van der Waals surface area contributed by atoms with Crippen molar-refractivity contribution in [2.24, 2.45) is 0 Å². The van der Waals surface area contributed by atoms with Crippen molar-refractivity contribution in [3.05, 3.63) is 29.8 Å². The largest absolute Gasteiger partial charge is 0.369 e. The first-order valence-corrected chi connectivity index (χ1v) is 6.72. The van der Waals surface area contributed by atoms with Crippen molar-refractivity contribution >= 4 is 5.69 Å². The predicted molar refractivity (Wildman–Crippen MR) is 77.9 cm³/mol. The average Bonchev–Trinajstić information content (AvgIpc) is 2.40. The van der Waals surface area contributed by atoms with Crippen LogP contribution in [0.25, 0.3) is 0 Å². The molecular formula is C16H22N2. The third-order valence-corrected chi connectivity index (χ3v) is 3.55. The van der Waals surface area contributed by atoms with Crippen LogP contribution < -0.4 is 4.90 Å². The summed E-state index contributed by atoms with van der Waals surface area (Å²) in [6, 6.07) is 9.26. The van der Waals surface area contributed by atoms with Crippen LogP contribution in [-0.2, 0) is 0 Å². The molecule has 0 saturated carbocycles. The first-order chi connectivity index (χ1) is 8.70. The molecule has 18 heavy (non-hydrogen) atoms. The fraction of sp³-hybridized carbons (Fsp3) is 0.500. The molecule has 0 atom stereocenters. The topological polar surface area (TPSA) is 6.48 Å². The third-order valence-electron chi connectivity index (χ3n) is 3.55. The monoisotopic (exact) mass is 242 g/mol. The standard InChI is InChI=1S/C16H22N2/c1-4-5-15-6-8-16(9-7-15)18-12-10-17(11-13-18)14(2)3/h6-9,14H,10-13H2,1-3H3. The number of anilines is 1. The molecule has 1 aromatic carbocycles. The molecule has 0 spiro atoms. The summed E-state index contributed by atoms with van der Waals surface area (Å²) >= 11 is 0. The molecule has 2 rings (SSSR count). The van der Waals surface area contributed by atoms with E-state index in [0.29, 0.717) is 6.04 Å². The first-order valence-electron chi connectivity index (χ1n) is 6.72. The Kier molecular flexibility index (Phi) is 4.28. The van der Waals surface area contributed by atoms with Crippen molar-refractivity contribution in [1.29, 1.82) is 0 Å². The minimum atomic E-state index is 0.661. The minimum Gasteiger partial charge on any atom is -0.369 e. The lowest BCUT2D eigenvalue weighted by atomic mass is 10.1. The van der Waals surface area contributed by atoms with Gasteiger partial charge in [-0.3, -0.25) is 4.90 Å². The number of hydrogen-bond acceptors (Lipinski definition) is 2. The Bertz CT molecular complexity index is 428. The molecule has 96 valence electrons. The molecule has 1 heterocycles. The Morgan fingerprint density at radius 2 is 1.61 bits per heavy atom. The van der Waals surface area contributed by atoms with Gasteiger partial charge in [0.25, 0.3) is 0 Å². The summed E-state index contributed by atoms with van der Waals surface area (Å²) in [5.41, 5.74) is 2.42. The normalized spacial score (nSPS) is 16.6. The van der Waals surface area contributed by atoms with Gasteiger partial charge in [0.15, 0.2) is 0 Å². The van der Waals surface area contributed by atoms with Crippen molar-refractivity contribution in [1.82, 2.24) is 4.90 Å². The van der Waals surface area contributed by atoms with E-state index in [-0.39, 0.29) is 0 Å². The zero-order valence-corrected chi connectivity index (χ0v) is 11.6. The van der Waals surface area contributed by atoms with E-state index in [0.717, 1.165) is 31.7 Å². The van der Waals surface area contributed by atoms with Gasteiger partial charge in [-0.1, -0.05) is 5.92 Å². The van der Waals surface area contributed by atoms with Crippen molar-refractivity contribution in [3.63, 3.8) is 0 Å². The van der Waals surface area contributed by atoms with Gasteiger partial charge in [-0.25, -0.2) is 0 Å². The summed E-state index contributed by atoms with van der Waals surface area (Å²) in [6.07, 6.45) is 0. The molecule has 1 aliphatic heterocycles. The Morgan fingerprint density at radius 1 is 1.00 bits per heavy atom. The van der Waals surface area contributed by atoms with Crippen LogP contribution in [0.3, 0.4) is 0 Å². The second-order valence-corrected chi connectivity index (χ2v) is 5.04. The maximum absolute atomic E-state index is 3.08. The van der Waals surface area contributed by atoms with Crippen LogP contribution in [0.5, 0.6) is 0 Å². The molecular weight excluding hydrogens is 220 g/mol. The van der Waals surface area contributed by atoms with E-state index in [1.54, 1.807) is 0 Å². The van der Waals surface area contributed by atoms with Gasteiger partial charge in [0, 0.05) is 43.5 Å². The van der Waals surface area contributed by atoms with Gasteiger partial charge in [0.2, 0.25) is 0 Å². The lowest BCUT2D eigenvalue weighted by Crippen LogP contribution is -2.48. The highest BCUT2D eigenvalue weighted by Gasteiger charge is 2.18. The Labute approximate surface area is 111 Å². The summed E-state index contributed by atoms with van der Waals surface area (Å²) in [7, 11) is 0. The third kappa shape index (κ3) is 3.05. The second-order valence-electron chi connectivity index (χ2n) is 5.04. The highest BCUT2D eigenvalue weighted by molar-refractivity contribution is 5.50. The maximum Gasteiger partial charge on any atom is 0.0367 e. The smallest absolute Gasteiger partial charge is 0.0367 e. The van der Waals surface area contributed by atoms with E-state index in [4.69, 9.17) is 0 Å². The molecule has 0 aliphatic carbocycles. The SMILES string of the molecule is CC#Cc1ccc(N2CCN(C(C)C)CC2)cc1. The van der Waals surface area contributed by atoms with Crippen LogP contribution in [0.4, 0.5) is 5.69 Å². The van der Waals surface area contributed by atoms with Crippen molar-refractivity contribution in [3.8, 4) is 11.8 Å². The highest BCUT2D eigenvalue weighted by Crippen LogP contribution is 2.17. The highest BCUT2D eigenvalue weighted by atomic mass is 15.3. The lowest BCUT2D eigenvalue weighted by Gasteiger charge is -2.38. The van der Waals surface area contributed by atoms with E-state index in [9.17, 15) is 0 Å². The van der Waals surface area contributed by atoms with Crippen LogP contribution >= 0.6 is 0 Å². The van der Waals surface area contributed by atoms with Gasteiger partial charge in [-0.2, -0.15) is 0 Å². The van der Waals surface area contributed by atoms with Crippen LogP contribution in [0.1, 0.15) is 26.3 Å². The summed E-state index contributed by atoms with van der Waals surface area (Å²) < 4.78 is 0. The number of piperazine rings is 1. The van der Waals surface area contributed by atoms with E-state index in [1.165, 1.54) is 5.69 Å². The Morgan fingerprint density at radius 3 is 2.11 bits per heavy atom. The Balaban J connectivity index is 1.98. The molecule has 1 saturated heterocycles. The first kappa shape index (κ1) is 13.0. The quantitative estimate of drug-likeness (QED) is 0.736.